The minimum absolute atomic E-state index is 0.346. The van der Waals surface area contributed by atoms with Gasteiger partial charge in [0.1, 0.15) is 0 Å². The number of likely N-dealkylation sites (N-methyl/N-ethyl adjacent to an activating group) is 1. The lowest BCUT2D eigenvalue weighted by Crippen LogP contribution is -2.41. The third-order valence-electron chi connectivity index (χ3n) is 4.19. The molecule has 0 aliphatic heterocycles. The molecule has 1 fully saturated rings. The van der Waals surface area contributed by atoms with Crippen LogP contribution < -0.4 is 5.73 Å². The standard InChI is InChI=1S/C14H30N2/c1-4-12(2)14(15)11-16(3)10-13-8-6-5-7-9-13/h12-14H,4-11,15H2,1-3H3. The van der Waals surface area contributed by atoms with Crippen molar-refractivity contribution in [2.45, 2.75) is 58.4 Å². The molecule has 2 nitrogen and oxygen atoms in total. The van der Waals surface area contributed by atoms with E-state index in [-0.39, 0.29) is 0 Å². The third kappa shape index (κ3) is 4.84. The maximum Gasteiger partial charge on any atom is 0.0193 e. The van der Waals surface area contributed by atoms with Gasteiger partial charge in [-0.25, -0.2) is 0 Å². The van der Waals surface area contributed by atoms with Crippen molar-refractivity contribution in [2.24, 2.45) is 17.6 Å². The molecule has 16 heavy (non-hydrogen) atoms. The van der Waals surface area contributed by atoms with Gasteiger partial charge in [0.25, 0.3) is 0 Å². The smallest absolute Gasteiger partial charge is 0.0193 e. The fraction of sp³-hybridized carbons (Fsp3) is 1.00. The minimum atomic E-state index is 0.346. The first kappa shape index (κ1) is 14.0. The lowest BCUT2D eigenvalue weighted by molar-refractivity contribution is 0.210. The Bertz CT molecular complexity index is 172. The van der Waals surface area contributed by atoms with Crippen molar-refractivity contribution in [3.63, 3.8) is 0 Å². The van der Waals surface area contributed by atoms with Crippen molar-refractivity contribution in [1.29, 1.82) is 0 Å². The number of nitrogens with two attached hydrogens (primary N) is 1. The van der Waals surface area contributed by atoms with E-state index >= 15 is 0 Å². The summed E-state index contributed by atoms with van der Waals surface area (Å²) in [5.74, 6) is 1.58. The van der Waals surface area contributed by atoms with Gasteiger partial charge in [0, 0.05) is 19.1 Å². The average Bonchev–Trinajstić information content (AvgIpc) is 2.29. The lowest BCUT2D eigenvalue weighted by atomic mass is 9.89. The first-order valence-electron chi connectivity index (χ1n) is 7.07. The second-order valence-electron chi connectivity index (χ2n) is 5.77. The van der Waals surface area contributed by atoms with Gasteiger partial charge < -0.3 is 10.6 Å². The van der Waals surface area contributed by atoms with Gasteiger partial charge in [-0.05, 0) is 31.7 Å². The zero-order valence-electron chi connectivity index (χ0n) is 11.4. The molecule has 2 atom stereocenters. The molecular formula is C14H30N2. The van der Waals surface area contributed by atoms with E-state index in [0.717, 1.165) is 12.5 Å². The van der Waals surface area contributed by atoms with Crippen LogP contribution in [0.3, 0.4) is 0 Å². The Morgan fingerprint density at radius 2 is 1.88 bits per heavy atom. The lowest BCUT2D eigenvalue weighted by Gasteiger charge is -2.30. The van der Waals surface area contributed by atoms with Gasteiger partial charge >= 0.3 is 0 Å². The first-order chi connectivity index (χ1) is 7.63. The number of hydrogen-bond acceptors (Lipinski definition) is 2. The molecule has 96 valence electrons. The van der Waals surface area contributed by atoms with Crippen LogP contribution in [0.25, 0.3) is 0 Å². The van der Waals surface area contributed by atoms with Crippen molar-refractivity contribution in [3.8, 4) is 0 Å². The van der Waals surface area contributed by atoms with E-state index < -0.39 is 0 Å². The predicted octanol–water partition coefficient (Wildman–Crippen LogP) is 2.87. The van der Waals surface area contributed by atoms with E-state index in [1.165, 1.54) is 45.1 Å². The maximum atomic E-state index is 6.19. The summed E-state index contributed by atoms with van der Waals surface area (Å²) in [5, 5.41) is 0. The van der Waals surface area contributed by atoms with Crippen molar-refractivity contribution in [2.75, 3.05) is 20.1 Å². The Hall–Kier alpha value is -0.0800. The predicted molar refractivity (Wildman–Crippen MR) is 71.5 cm³/mol. The molecule has 1 aliphatic rings. The third-order valence-corrected chi connectivity index (χ3v) is 4.19. The van der Waals surface area contributed by atoms with Gasteiger partial charge in [0.2, 0.25) is 0 Å². The van der Waals surface area contributed by atoms with Crippen LogP contribution >= 0.6 is 0 Å². The Balaban J connectivity index is 2.20. The summed E-state index contributed by atoms with van der Waals surface area (Å²) in [4.78, 5) is 2.45. The van der Waals surface area contributed by atoms with Crippen LogP contribution in [0.4, 0.5) is 0 Å². The molecular weight excluding hydrogens is 196 g/mol. The molecule has 0 radical (unpaired) electrons. The van der Waals surface area contributed by atoms with Crippen LogP contribution in [-0.2, 0) is 0 Å². The average molecular weight is 226 g/mol. The van der Waals surface area contributed by atoms with Crippen LogP contribution in [0.15, 0.2) is 0 Å². The van der Waals surface area contributed by atoms with Crippen molar-refractivity contribution in [1.82, 2.24) is 4.90 Å². The minimum Gasteiger partial charge on any atom is -0.326 e. The molecule has 0 spiro atoms. The van der Waals surface area contributed by atoms with Crippen molar-refractivity contribution < 1.29 is 0 Å². The molecule has 2 heteroatoms. The summed E-state index contributed by atoms with van der Waals surface area (Å²) in [7, 11) is 2.23. The molecule has 1 saturated carbocycles. The Kier molecular flexibility index (Phi) is 6.37. The molecule has 2 unspecified atom stereocenters. The van der Waals surface area contributed by atoms with E-state index in [4.69, 9.17) is 5.73 Å². The fourth-order valence-corrected chi connectivity index (χ4v) is 2.73. The number of hydrogen-bond donors (Lipinski definition) is 1. The van der Waals surface area contributed by atoms with E-state index in [9.17, 15) is 0 Å². The largest absolute Gasteiger partial charge is 0.326 e. The summed E-state index contributed by atoms with van der Waals surface area (Å²) in [6.45, 7) is 6.81. The summed E-state index contributed by atoms with van der Waals surface area (Å²) in [5.41, 5.74) is 6.19. The fourth-order valence-electron chi connectivity index (χ4n) is 2.73. The van der Waals surface area contributed by atoms with Gasteiger partial charge in [0.15, 0.2) is 0 Å². The molecule has 0 aromatic heterocycles. The summed E-state index contributed by atoms with van der Waals surface area (Å²) < 4.78 is 0. The van der Waals surface area contributed by atoms with E-state index in [1.54, 1.807) is 0 Å². The molecule has 0 aromatic rings. The molecule has 0 heterocycles. The van der Waals surface area contributed by atoms with Gasteiger partial charge in [-0.1, -0.05) is 39.5 Å². The van der Waals surface area contributed by atoms with Crippen LogP contribution in [0.5, 0.6) is 0 Å². The van der Waals surface area contributed by atoms with Gasteiger partial charge in [-0.15, -0.1) is 0 Å². The van der Waals surface area contributed by atoms with Crippen LogP contribution in [0, 0.1) is 11.8 Å². The van der Waals surface area contributed by atoms with E-state index in [2.05, 4.69) is 25.8 Å². The van der Waals surface area contributed by atoms with Crippen LogP contribution in [0.1, 0.15) is 52.4 Å². The highest BCUT2D eigenvalue weighted by molar-refractivity contribution is 4.74. The monoisotopic (exact) mass is 226 g/mol. The van der Waals surface area contributed by atoms with E-state index in [1.807, 2.05) is 0 Å². The topological polar surface area (TPSA) is 29.3 Å². The summed E-state index contributed by atoms with van der Waals surface area (Å²) in [6.07, 6.45) is 8.39. The number of rotatable bonds is 6. The van der Waals surface area contributed by atoms with Gasteiger partial charge in [-0.3, -0.25) is 0 Å². The maximum absolute atomic E-state index is 6.19. The zero-order valence-corrected chi connectivity index (χ0v) is 11.4. The zero-order chi connectivity index (χ0) is 12.0. The summed E-state index contributed by atoms with van der Waals surface area (Å²) in [6, 6.07) is 0.346. The van der Waals surface area contributed by atoms with Crippen molar-refractivity contribution >= 4 is 0 Å². The molecule has 0 amide bonds. The second kappa shape index (κ2) is 7.29. The van der Waals surface area contributed by atoms with E-state index in [0.29, 0.717) is 12.0 Å². The molecule has 0 aromatic carbocycles. The quantitative estimate of drug-likeness (QED) is 0.754. The summed E-state index contributed by atoms with van der Waals surface area (Å²) >= 11 is 0. The normalized spacial score (nSPS) is 22.3. The number of nitrogens with zero attached hydrogens (tertiary/aromatic N) is 1. The Labute approximate surface area is 102 Å². The highest BCUT2D eigenvalue weighted by atomic mass is 15.1. The molecule has 1 rings (SSSR count). The Morgan fingerprint density at radius 1 is 1.25 bits per heavy atom. The first-order valence-corrected chi connectivity index (χ1v) is 7.07. The Morgan fingerprint density at radius 3 is 2.44 bits per heavy atom. The molecule has 2 N–H and O–H groups in total. The van der Waals surface area contributed by atoms with Gasteiger partial charge in [0.05, 0.1) is 0 Å². The van der Waals surface area contributed by atoms with Crippen LogP contribution in [0.2, 0.25) is 0 Å². The van der Waals surface area contributed by atoms with Gasteiger partial charge in [-0.2, -0.15) is 0 Å². The molecule has 1 aliphatic carbocycles. The highest BCUT2D eigenvalue weighted by Gasteiger charge is 2.18. The SMILES string of the molecule is CCC(C)C(N)CN(C)CC1CCCCC1. The van der Waals surface area contributed by atoms with Crippen molar-refractivity contribution in [3.05, 3.63) is 0 Å². The second-order valence-corrected chi connectivity index (χ2v) is 5.77. The molecule has 0 bridgehead atoms. The molecule has 0 saturated heterocycles. The van der Waals surface area contributed by atoms with Crippen LogP contribution in [-0.4, -0.2) is 31.1 Å². The highest BCUT2D eigenvalue weighted by Crippen LogP contribution is 2.24.